The van der Waals surface area contributed by atoms with Gasteiger partial charge in [-0.15, -0.1) is 10.2 Å². The lowest BCUT2D eigenvalue weighted by molar-refractivity contribution is -0.137. The lowest BCUT2D eigenvalue weighted by Gasteiger charge is -2.13. The van der Waals surface area contributed by atoms with Crippen LogP contribution in [0.1, 0.15) is 12.5 Å². The van der Waals surface area contributed by atoms with E-state index in [0.717, 1.165) is 18.2 Å². The number of phenolic OH excluding ortho intramolecular Hbond substituents is 1. The number of anilines is 1. The highest BCUT2D eigenvalue weighted by molar-refractivity contribution is 5.81. The van der Waals surface area contributed by atoms with Gasteiger partial charge in [0, 0.05) is 18.3 Å². The van der Waals surface area contributed by atoms with Crippen LogP contribution in [0.25, 0.3) is 16.8 Å². The molecular formula is C16H14F4N4O2. The second-order valence-corrected chi connectivity index (χ2v) is 5.71. The summed E-state index contributed by atoms with van der Waals surface area (Å²) >= 11 is 0. The standard InChI is InChI=1S/C16H14F4N4O2/c1-8(25)7-21-15-23-22-13(14-11(17)4-5-24(14)15)10-3-2-9(6-12(10)26)16(18,19)20/h2-6,8,25-26H,7H2,1H3,(H,21,23). The van der Waals surface area contributed by atoms with Crippen LogP contribution in [-0.4, -0.2) is 37.5 Å². The molecule has 3 aromatic rings. The smallest absolute Gasteiger partial charge is 0.416 e. The number of aromatic hydroxyl groups is 1. The van der Waals surface area contributed by atoms with E-state index < -0.39 is 29.4 Å². The molecule has 0 aliphatic carbocycles. The predicted octanol–water partition coefficient (Wildman–Crippen LogP) is 3.05. The lowest BCUT2D eigenvalue weighted by Crippen LogP contribution is -2.18. The predicted molar refractivity (Wildman–Crippen MR) is 85.2 cm³/mol. The van der Waals surface area contributed by atoms with Crippen molar-refractivity contribution in [2.24, 2.45) is 0 Å². The second-order valence-electron chi connectivity index (χ2n) is 5.71. The molecule has 1 unspecified atom stereocenters. The van der Waals surface area contributed by atoms with Crippen LogP contribution < -0.4 is 5.32 Å². The Labute approximate surface area is 144 Å². The van der Waals surface area contributed by atoms with Gasteiger partial charge in [-0.05, 0) is 31.2 Å². The third-order valence-electron chi connectivity index (χ3n) is 3.67. The van der Waals surface area contributed by atoms with Crippen molar-refractivity contribution in [3.63, 3.8) is 0 Å². The molecule has 0 aliphatic heterocycles. The Morgan fingerprint density at radius 1 is 1.23 bits per heavy atom. The van der Waals surface area contributed by atoms with E-state index in [0.29, 0.717) is 6.07 Å². The molecule has 0 radical (unpaired) electrons. The molecule has 1 aromatic carbocycles. The van der Waals surface area contributed by atoms with Crippen LogP contribution in [0.3, 0.4) is 0 Å². The highest BCUT2D eigenvalue weighted by Crippen LogP contribution is 2.37. The van der Waals surface area contributed by atoms with Crippen LogP contribution in [-0.2, 0) is 6.18 Å². The Morgan fingerprint density at radius 2 is 1.96 bits per heavy atom. The fourth-order valence-electron chi connectivity index (χ4n) is 2.45. The number of fused-ring (bicyclic) bond motifs is 1. The molecule has 0 spiro atoms. The van der Waals surface area contributed by atoms with Gasteiger partial charge >= 0.3 is 6.18 Å². The molecule has 0 amide bonds. The van der Waals surface area contributed by atoms with Crippen LogP contribution in [0.5, 0.6) is 5.75 Å². The van der Waals surface area contributed by atoms with Gasteiger partial charge in [0.05, 0.1) is 11.7 Å². The van der Waals surface area contributed by atoms with Gasteiger partial charge in [0.1, 0.15) is 17.0 Å². The fraction of sp³-hybridized carbons (Fsp3) is 0.250. The quantitative estimate of drug-likeness (QED) is 0.615. The van der Waals surface area contributed by atoms with Gasteiger partial charge in [-0.3, -0.25) is 4.40 Å². The van der Waals surface area contributed by atoms with Crippen molar-refractivity contribution in [2.75, 3.05) is 11.9 Å². The number of hydrogen-bond donors (Lipinski definition) is 3. The van der Waals surface area contributed by atoms with E-state index in [9.17, 15) is 27.8 Å². The number of hydrogen-bond acceptors (Lipinski definition) is 5. The number of nitrogens with zero attached hydrogens (tertiary/aromatic N) is 3. The summed E-state index contributed by atoms with van der Waals surface area (Å²) in [4.78, 5) is 0. The van der Waals surface area contributed by atoms with E-state index in [1.807, 2.05) is 0 Å². The monoisotopic (exact) mass is 370 g/mol. The molecule has 1 atom stereocenters. The van der Waals surface area contributed by atoms with E-state index in [1.54, 1.807) is 6.92 Å². The van der Waals surface area contributed by atoms with E-state index >= 15 is 0 Å². The van der Waals surface area contributed by atoms with Gasteiger partial charge in [0.25, 0.3) is 0 Å². The van der Waals surface area contributed by atoms with E-state index in [1.165, 1.54) is 10.6 Å². The molecule has 10 heteroatoms. The summed E-state index contributed by atoms with van der Waals surface area (Å²) in [6, 6.07) is 3.47. The number of nitrogens with one attached hydrogen (secondary N) is 1. The zero-order chi connectivity index (χ0) is 19.1. The van der Waals surface area contributed by atoms with Crippen LogP contribution in [0.15, 0.2) is 30.5 Å². The van der Waals surface area contributed by atoms with Crippen molar-refractivity contribution in [3.8, 4) is 17.0 Å². The van der Waals surface area contributed by atoms with E-state index in [-0.39, 0.29) is 29.3 Å². The molecule has 0 bridgehead atoms. The van der Waals surface area contributed by atoms with Crippen molar-refractivity contribution in [1.82, 2.24) is 14.6 Å². The minimum Gasteiger partial charge on any atom is -0.507 e. The molecule has 0 fully saturated rings. The SMILES string of the molecule is CC(O)CNc1nnc(-c2ccc(C(F)(F)F)cc2O)c2c(F)ccn12. The van der Waals surface area contributed by atoms with E-state index in [2.05, 4.69) is 15.5 Å². The number of aliphatic hydroxyl groups excluding tert-OH is 1. The van der Waals surface area contributed by atoms with Crippen molar-refractivity contribution in [3.05, 3.63) is 41.8 Å². The normalized spacial score (nSPS) is 13.2. The van der Waals surface area contributed by atoms with Gasteiger partial charge in [-0.25, -0.2) is 4.39 Å². The van der Waals surface area contributed by atoms with Crippen molar-refractivity contribution >= 4 is 11.5 Å². The first-order chi connectivity index (χ1) is 12.2. The summed E-state index contributed by atoms with van der Waals surface area (Å²) in [6.45, 7) is 1.68. The molecule has 2 aromatic heterocycles. The van der Waals surface area contributed by atoms with Crippen molar-refractivity contribution in [2.45, 2.75) is 19.2 Å². The van der Waals surface area contributed by atoms with Gasteiger partial charge < -0.3 is 15.5 Å². The molecular weight excluding hydrogens is 356 g/mol. The first-order valence-electron chi connectivity index (χ1n) is 7.54. The first-order valence-corrected chi connectivity index (χ1v) is 7.54. The molecule has 3 rings (SSSR count). The summed E-state index contributed by atoms with van der Waals surface area (Å²) < 4.78 is 53.8. The second kappa shape index (κ2) is 6.45. The maximum Gasteiger partial charge on any atom is 0.416 e. The van der Waals surface area contributed by atoms with Crippen LogP contribution in [0.2, 0.25) is 0 Å². The van der Waals surface area contributed by atoms with Crippen LogP contribution in [0, 0.1) is 5.82 Å². The molecule has 0 saturated heterocycles. The largest absolute Gasteiger partial charge is 0.507 e. The Kier molecular flexibility index (Phi) is 4.45. The summed E-state index contributed by atoms with van der Waals surface area (Å²) in [6.07, 6.45) is -3.95. The van der Waals surface area contributed by atoms with E-state index in [4.69, 9.17) is 0 Å². The molecule has 138 valence electrons. The third kappa shape index (κ3) is 3.27. The van der Waals surface area contributed by atoms with Gasteiger partial charge in [0.15, 0.2) is 5.82 Å². The number of aromatic nitrogens is 3. The highest BCUT2D eigenvalue weighted by atomic mass is 19.4. The maximum atomic E-state index is 14.2. The zero-order valence-corrected chi connectivity index (χ0v) is 13.4. The van der Waals surface area contributed by atoms with Crippen molar-refractivity contribution < 1.29 is 27.8 Å². The highest BCUT2D eigenvalue weighted by Gasteiger charge is 2.31. The number of alkyl halides is 3. The number of phenols is 1. The van der Waals surface area contributed by atoms with Gasteiger partial charge in [-0.2, -0.15) is 13.2 Å². The molecule has 2 heterocycles. The minimum absolute atomic E-state index is 0.0665. The Bertz CT molecular complexity index is 953. The molecule has 26 heavy (non-hydrogen) atoms. The summed E-state index contributed by atoms with van der Waals surface area (Å²) in [7, 11) is 0. The summed E-state index contributed by atoms with van der Waals surface area (Å²) in [5.74, 6) is -1.24. The van der Waals surface area contributed by atoms with Crippen LogP contribution >= 0.6 is 0 Å². The fourth-order valence-corrected chi connectivity index (χ4v) is 2.45. The maximum absolute atomic E-state index is 14.2. The lowest BCUT2D eigenvalue weighted by atomic mass is 10.1. The molecule has 0 aliphatic rings. The Balaban J connectivity index is 2.12. The minimum atomic E-state index is -4.62. The summed E-state index contributed by atoms with van der Waals surface area (Å²) in [5.41, 5.74) is -1.30. The summed E-state index contributed by atoms with van der Waals surface area (Å²) in [5, 5.41) is 29.8. The Morgan fingerprint density at radius 3 is 2.58 bits per heavy atom. The molecule has 6 nitrogen and oxygen atoms in total. The van der Waals surface area contributed by atoms with Crippen LogP contribution in [0.4, 0.5) is 23.5 Å². The third-order valence-corrected chi connectivity index (χ3v) is 3.67. The number of aliphatic hydroxyl groups is 1. The number of benzene rings is 1. The number of halogens is 4. The first kappa shape index (κ1) is 17.9. The zero-order valence-electron chi connectivity index (χ0n) is 13.4. The Hall–Kier alpha value is -2.88. The molecule has 3 N–H and O–H groups in total. The molecule has 0 saturated carbocycles. The van der Waals surface area contributed by atoms with Gasteiger partial charge in [-0.1, -0.05) is 0 Å². The van der Waals surface area contributed by atoms with Gasteiger partial charge in [0.2, 0.25) is 5.95 Å². The average Bonchev–Trinajstić information content (AvgIpc) is 2.94. The number of rotatable bonds is 4. The topological polar surface area (TPSA) is 82.7 Å². The van der Waals surface area contributed by atoms with Crippen molar-refractivity contribution in [1.29, 1.82) is 0 Å². The average molecular weight is 370 g/mol.